The normalized spacial score (nSPS) is 12.7. The Kier molecular flexibility index (Phi) is 6.81. The van der Waals surface area contributed by atoms with Gasteiger partial charge in [0.25, 0.3) is 0 Å². The van der Waals surface area contributed by atoms with E-state index < -0.39 is 0 Å². The third-order valence-electron chi connectivity index (χ3n) is 9.40. The summed E-state index contributed by atoms with van der Waals surface area (Å²) in [4.78, 5) is 0. The number of aromatic nitrogens is 1. The molecule has 47 heavy (non-hydrogen) atoms. The maximum absolute atomic E-state index is 7.11. The van der Waals surface area contributed by atoms with Gasteiger partial charge in [-0.3, -0.25) is 10.6 Å². The molecular weight excluding hydrogens is 574 g/mol. The largest absolute Gasteiger partial charge is 0.454 e. The SMILES string of the molecule is c1ccc(CNC(NCn2c3ccccc3c3c4ccccc4c4c(c32)Oc2ccccc2-c2ccccc2-4)c2ccccc2)cc1. The number of hydrogen-bond acceptors (Lipinski definition) is 3. The molecule has 0 spiro atoms. The van der Waals surface area contributed by atoms with E-state index in [9.17, 15) is 0 Å². The van der Waals surface area contributed by atoms with Crippen LogP contribution in [0.1, 0.15) is 17.3 Å². The van der Waals surface area contributed by atoms with Crippen LogP contribution in [0, 0.1) is 0 Å². The van der Waals surface area contributed by atoms with Gasteiger partial charge in [0, 0.05) is 28.4 Å². The van der Waals surface area contributed by atoms with Crippen molar-refractivity contribution in [2.24, 2.45) is 0 Å². The van der Waals surface area contributed by atoms with E-state index in [1.165, 1.54) is 43.8 Å². The molecule has 2 N–H and O–H groups in total. The molecule has 2 heterocycles. The molecule has 0 amide bonds. The summed E-state index contributed by atoms with van der Waals surface area (Å²) in [5.74, 6) is 1.76. The van der Waals surface area contributed by atoms with Crippen LogP contribution < -0.4 is 15.4 Å². The number of nitrogens with one attached hydrogen (secondary N) is 2. The van der Waals surface area contributed by atoms with Gasteiger partial charge in [0.2, 0.25) is 0 Å². The number of rotatable bonds is 7. The Morgan fingerprint density at radius 1 is 0.532 bits per heavy atom. The molecule has 0 radical (unpaired) electrons. The molecule has 0 fully saturated rings. The Balaban J connectivity index is 1.27. The fourth-order valence-electron chi connectivity index (χ4n) is 7.28. The molecular formula is C43H33N3O. The molecule has 1 aliphatic heterocycles. The predicted octanol–water partition coefficient (Wildman–Crippen LogP) is 10.4. The fourth-order valence-corrected chi connectivity index (χ4v) is 7.28. The van der Waals surface area contributed by atoms with Gasteiger partial charge in [0.05, 0.1) is 23.9 Å². The van der Waals surface area contributed by atoms with Gasteiger partial charge in [-0.1, -0.05) is 146 Å². The average molecular weight is 608 g/mol. The third-order valence-corrected chi connectivity index (χ3v) is 9.40. The molecule has 1 aromatic heterocycles. The van der Waals surface area contributed by atoms with E-state index in [1.807, 2.05) is 0 Å². The topological polar surface area (TPSA) is 38.2 Å². The van der Waals surface area contributed by atoms with E-state index in [0.717, 1.165) is 40.2 Å². The third kappa shape index (κ3) is 4.69. The summed E-state index contributed by atoms with van der Waals surface area (Å²) in [7, 11) is 0. The van der Waals surface area contributed by atoms with E-state index in [4.69, 9.17) is 4.74 Å². The van der Waals surface area contributed by atoms with E-state index in [2.05, 4.69) is 173 Å². The number of para-hydroxylation sites is 2. The molecule has 0 bridgehead atoms. The van der Waals surface area contributed by atoms with Crippen molar-refractivity contribution in [3.63, 3.8) is 0 Å². The highest BCUT2D eigenvalue weighted by atomic mass is 16.5. The molecule has 4 nitrogen and oxygen atoms in total. The molecule has 8 aromatic rings. The molecule has 1 unspecified atom stereocenters. The Morgan fingerprint density at radius 3 is 1.96 bits per heavy atom. The van der Waals surface area contributed by atoms with Gasteiger partial charge in [-0.05, 0) is 45.2 Å². The summed E-state index contributed by atoms with van der Waals surface area (Å²) >= 11 is 0. The molecule has 9 rings (SSSR count). The molecule has 226 valence electrons. The first-order valence-corrected chi connectivity index (χ1v) is 16.2. The lowest BCUT2D eigenvalue weighted by molar-refractivity contribution is 0.401. The van der Waals surface area contributed by atoms with Crippen LogP contribution in [0.4, 0.5) is 0 Å². The fraction of sp³-hybridized carbons (Fsp3) is 0.0698. The van der Waals surface area contributed by atoms with Gasteiger partial charge in [-0.25, -0.2) is 0 Å². The van der Waals surface area contributed by atoms with Crippen LogP contribution in [-0.2, 0) is 13.2 Å². The van der Waals surface area contributed by atoms with Crippen LogP contribution in [0.15, 0.2) is 158 Å². The summed E-state index contributed by atoms with van der Waals surface area (Å²) in [6.45, 7) is 1.32. The predicted molar refractivity (Wildman–Crippen MR) is 193 cm³/mol. The maximum atomic E-state index is 7.11. The second kappa shape index (κ2) is 11.6. The summed E-state index contributed by atoms with van der Waals surface area (Å²) in [5, 5.41) is 12.5. The Labute approximate surface area is 273 Å². The lowest BCUT2D eigenvalue weighted by Gasteiger charge is -2.23. The van der Waals surface area contributed by atoms with Crippen molar-refractivity contribution in [3.8, 4) is 33.8 Å². The number of fused-ring (bicyclic) bond motifs is 12. The highest BCUT2D eigenvalue weighted by Crippen LogP contribution is 2.54. The minimum absolute atomic E-state index is 0.0750. The van der Waals surface area contributed by atoms with E-state index in [0.29, 0.717) is 6.67 Å². The monoisotopic (exact) mass is 607 g/mol. The number of ether oxygens (including phenoxy) is 1. The van der Waals surface area contributed by atoms with E-state index >= 15 is 0 Å². The zero-order chi connectivity index (χ0) is 31.2. The van der Waals surface area contributed by atoms with Crippen molar-refractivity contribution in [3.05, 3.63) is 169 Å². The first kappa shape index (κ1) is 27.6. The zero-order valence-electron chi connectivity index (χ0n) is 25.9. The van der Waals surface area contributed by atoms with E-state index in [-0.39, 0.29) is 6.17 Å². The van der Waals surface area contributed by atoms with Crippen LogP contribution in [-0.4, -0.2) is 4.57 Å². The van der Waals surface area contributed by atoms with Crippen LogP contribution >= 0.6 is 0 Å². The zero-order valence-corrected chi connectivity index (χ0v) is 25.9. The second-order valence-electron chi connectivity index (χ2n) is 12.1. The van der Waals surface area contributed by atoms with Crippen molar-refractivity contribution in [2.45, 2.75) is 19.4 Å². The molecule has 0 saturated heterocycles. The summed E-state index contributed by atoms with van der Waals surface area (Å²) in [5.41, 5.74) is 9.29. The number of hydrogen-bond donors (Lipinski definition) is 2. The number of nitrogens with zero attached hydrogens (tertiary/aromatic N) is 1. The Bertz CT molecular complexity index is 2390. The van der Waals surface area contributed by atoms with Crippen molar-refractivity contribution in [1.82, 2.24) is 15.2 Å². The van der Waals surface area contributed by atoms with Crippen molar-refractivity contribution >= 4 is 32.6 Å². The standard InChI is InChI=1S/C43H33N3O/c1-3-15-29(16-4-1)27-44-43(30-17-5-2-6-18-30)45-28-46-37-25-13-11-24-36(37)39-34-22-9-10-23-35(34)40-33-21-8-7-19-31(33)32-20-12-14-26-38(32)47-42(40)41(39)46/h1-26,43-45H,27-28H2. The van der Waals surface area contributed by atoms with Gasteiger partial charge < -0.3 is 9.30 Å². The summed E-state index contributed by atoms with van der Waals surface area (Å²) in [6.07, 6.45) is -0.0750. The lowest BCUT2D eigenvalue weighted by Crippen LogP contribution is -2.35. The van der Waals surface area contributed by atoms with E-state index in [1.54, 1.807) is 0 Å². The molecule has 1 aliphatic rings. The van der Waals surface area contributed by atoms with Gasteiger partial charge in [0.15, 0.2) is 5.75 Å². The number of benzene rings is 7. The van der Waals surface area contributed by atoms with Gasteiger partial charge >= 0.3 is 0 Å². The molecule has 4 heteroatoms. The van der Waals surface area contributed by atoms with Crippen LogP contribution in [0.3, 0.4) is 0 Å². The van der Waals surface area contributed by atoms with Crippen molar-refractivity contribution in [1.29, 1.82) is 0 Å². The van der Waals surface area contributed by atoms with Gasteiger partial charge in [-0.15, -0.1) is 0 Å². The first-order chi connectivity index (χ1) is 23.3. The molecule has 1 atom stereocenters. The summed E-state index contributed by atoms with van der Waals surface area (Å²) < 4.78 is 9.52. The summed E-state index contributed by atoms with van der Waals surface area (Å²) in [6, 6.07) is 55.8. The van der Waals surface area contributed by atoms with Gasteiger partial charge in [-0.2, -0.15) is 0 Å². The minimum atomic E-state index is -0.0750. The minimum Gasteiger partial charge on any atom is -0.454 e. The van der Waals surface area contributed by atoms with Crippen LogP contribution in [0.5, 0.6) is 11.5 Å². The quantitative estimate of drug-likeness (QED) is 0.177. The smallest absolute Gasteiger partial charge is 0.160 e. The Hall–Kier alpha value is -5.68. The molecule has 0 aliphatic carbocycles. The van der Waals surface area contributed by atoms with Crippen molar-refractivity contribution < 1.29 is 4.74 Å². The maximum Gasteiger partial charge on any atom is 0.160 e. The van der Waals surface area contributed by atoms with Gasteiger partial charge in [0.1, 0.15) is 5.75 Å². The second-order valence-corrected chi connectivity index (χ2v) is 12.1. The van der Waals surface area contributed by atoms with Crippen LogP contribution in [0.25, 0.3) is 54.8 Å². The lowest BCUT2D eigenvalue weighted by atomic mass is 9.90. The molecule has 0 saturated carbocycles. The Morgan fingerprint density at radius 2 is 1.15 bits per heavy atom. The van der Waals surface area contributed by atoms with Crippen LogP contribution in [0.2, 0.25) is 0 Å². The molecule has 7 aromatic carbocycles. The average Bonchev–Trinajstić information content (AvgIpc) is 3.39. The first-order valence-electron chi connectivity index (χ1n) is 16.2. The van der Waals surface area contributed by atoms with Crippen molar-refractivity contribution in [2.75, 3.05) is 0 Å². The highest BCUT2D eigenvalue weighted by molar-refractivity contribution is 6.27. The highest BCUT2D eigenvalue weighted by Gasteiger charge is 2.28.